The molecule has 0 unspecified atom stereocenters. The quantitative estimate of drug-likeness (QED) is 0.305. The molecule has 0 aliphatic carbocycles. The van der Waals surface area contributed by atoms with Gasteiger partial charge in [0.1, 0.15) is 5.82 Å². The summed E-state index contributed by atoms with van der Waals surface area (Å²) in [6, 6.07) is 24.8. The maximum Gasteiger partial charge on any atom is 0.259 e. The molecular formula is C31H28FN5O2. The molecule has 5 rings (SSSR count). The number of hydrogen-bond acceptors (Lipinski definition) is 5. The lowest BCUT2D eigenvalue weighted by Crippen LogP contribution is -2.36. The van der Waals surface area contributed by atoms with Gasteiger partial charge in [-0.25, -0.2) is 4.39 Å². The molecule has 1 aliphatic heterocycles. The van der Waals surface area contributed by atoms with Gasteiger partial charge in [0.05, 0.1) is 22.5 Å². The van der Waals surface area contributed by atoms with Crippen LogP contribution in [-0.2, 0) is 4.79 Å². The van der Waals surface area contributed by atoms with Crippen molar-refractivity contribution in [1.29, 1.82) is 0 Å². The molecule has 0 atom stereocenters. The lowest BCUT2D eigenvalue weighted by Gasteiger charge is -2.25. The van der Waals surface area contributed by atoms with Gasteiger partial charge < -0.3 is 20.4 Å². The van der Waals surface area contributed by atoms with Crippen molar-refractivity contribution in [3.8, 4) is 0 Å². The number of likely N-dealkylation sites (N-methyl/N-ethyl adjacent to an activating group) is 1. The van der Waals surface area contributed by atoms with E-state index >= 15 is 0 Å². The van der Waals surface area contributed by atoms with E-state index in [1.54, 1.807) is 35.5 Å². The summed E-state index contributed by atoms with van der Waals surface area (Å²) in [5.74, 6) is -0.862. The van der Waals surface area contributed by atoms with Gasteiger partial charge >= 0.3 is 0 Å². The fourth-order valence-corrected chi connectivity index (χ4v) is 4.44. The van der Waals surface area contributed by atoms with Crippen LogP contribution in [0, 0.1) is 5.82 Å². The minimum Gasteiger partial charge on any atom is -0.354 e. The predicted molar refractivity (Wildman–Crippen MR) is 153 cm³/mol. The Hall–Kier alpha value is -4.82. The molecule has 0 spiro atoms. The van der Waals surface area contributed by atoms with Crippen molar-refractivity contribution in [3.63, 3.8) is 0 Å². The third-order valence-corrected chi connectivity index (χ3v) is 6.41. The summed E-state index contributed by atoms with van der Waals surface area (Å²) in [5.41, 5.74) is 4.88. The van der Waals surface area contributed by atoms with Gasteiger partial charge in [-0.15, -0.1) is 0 Å². The van der Waals surface area contributed by atoms with Gasteiger partial charge in [-0.05, 0) is 74.3 Å². The molecule has 0 bridgehead atoms. The number of carbonyl (C=O) groups excluding carboxylic acids is 2. The lowest BCUT2D eigenvalue weighted by molar-refractivity contribution is -0.110. The number of benzene rings is 3. The number of carbonyl (C=O) groups is 2. The summed E-state index contributed by atoms with van der Waals surface area (Å²) >= 11 is 0. The first-order valence-corrected chi connectivity index (χ1v) is 12.6. The second-order valence-corrected chi connectivity index (χ2v) is 9.43. The molecule has 4 aromatic rings. The van der Waals surface area contributed by atoms with Crippen molar-refractivity contribution in [2.45, 2.75) is 0 Å². The highest BCUT2D eigenvalue weighted by atomic mass is 19.1. The van der Waals surface area contributed by atoms with E-state index in [0.29, 0.717) is 41.2 Å². The Bertz CT molecular complexity index is 1520. The van der Waals surface area contributed by atoms with E-state index < -0.39 is 5.82 Å². The van der Waals surface area contributed by atoms with E-state index in [-0.39, 0.29) is 11.8 Å². The molecule has 0 saturated carbocycles. The fourth-order valence-electron chi connectivity index (χ4n) is 4.44. The van der Waals surface area contributed by atoms with E-state index in [0.717, 1.165) is 16.9 Å². The van der Waals surface area contributed by atoms with Crippen LogP contribution in [0.2, 0.25) is 0 Å². The summed E-state index contributed by atoms with van der Waals surface area (Å²) in [6.45, 7) is 1.19. The van der Waals surface area contributed by atoms with Crippen LogP contribution in [-0.4, -0.2) is 48.9 Å². The number of pyridine rings is 1. The van der Waals surface area contributed by atoms with E-state index in [1.807, 2.05) is 73.6 Å². The minimum absolute atomic E-state index is 0.135. The first-order valence-electron chi connectivity index (χ1n) is 12.6. The molecule has 0 radical (unpaired) electrons. The van der Waals surface area contributed by atoms with Crippen LogP contribution >= 0.6 is 0 Å². The number of nitrogens with one attached hydrogen (secondary N) is 2. The number of halogens is 1. The zero-order valence-corrected chi connectivity index (χ0v) is 21.7. The topological polar surface area (TPSA) is 77.6 Å². The third-order valence-electron chi connectivity index (χ3n) is 6.41. The van der Waals surface area contributed by atoms with Gasteiger partial charge in [-0.3, -0.25) is 14.6 Å². The smallest absolute Gasteiger partial charge is 0.259 e. The average molecular weight is 522 g/mol. The zero-order valence-electron chi connectivity index (χ0n) is 21.7. The van der Waals surface area contributed by atoms with Gasteiger partial charge in [0, 0.05) is 42.4 Å². The Kier molecular flexibility index (Phi) is 7.47. The van der Waals surface area contributed by atoms with Crippen molar-refractivity contribution < 1.29 is 14.0 Å². The standard InChI is InChI=1S/C31H28FN5O2/c1-36(2)17-18-37(31(39)22-9-6-16-33-20-22)25-13-11-24(12-14-25)34-29(21-7-4-3-5-8-21)28-26-15-10-23(32)19-27(26)35-30(28)38/h3-16,19-20,34H,17-18H2,1-2H3,(H,35,38). The number of aromatic nitrogens is 1. The van der Waals surface area contributed by atoms with Crippen LogP contribution in [0.3, 0.4) is 0 Å². The van der Waals surface area contributed by atoms with Crippen LogP contribution < -0.4 is 15.5 Å². The van der Waals surface area contributed by atoms with Gasteiger partial charge in [0.15, 0.2) is 0 Å². The zero-order chi connectivity index (χ0) is 27.4. The van der Waals surface area contributed by atoms with E-state index in [2.05, 4.69) is 15.6 Å². The molecule has 0 fully saturated rings. The molecule has 8 heteroatoms. The molecule has 1 aliphatic rings. The van der Waals surface area contributed by atoms with Crippen molar-refractivity contribution in [2.75, 3.05) is 42.7 Å². The Labute approximate surface area is 226 Å². The largest absolute Gasteiger partial charge is 0.354 e. The lowest BCUT2D eigenvalue weighted by atomic mass is 10.00. The molecule has 3 aromatic carbocycles. The summed E-state index contributed by atoms with van der Waals surface area (Å²) in [5, 5.41) is 6.17. The second kappa shape index (κ2) is 11.3. The van der Waals surface area contributed by atoms with E-state index in [1.165, 1.54) is 12.1 Å². The van der Waals surface area contributed by atoms with Crippen LogP contribution in [0.5, 0.6) is 0 Å². The molecule has 0 saturated heterocycles. The Morgan fingerprint density at radius 3 is 2.36 bits per heavy atom. The van der Waals surface area contributed by atoms with E-state index in [9.17, 15) is 14.0 Å². The van der Waals surface area contributed by atoms with Crippen molar-refractivity contribution in [1.82, 2.24) is 9.88 Å². The van der Waals surface area contributed by atoms with Gasteiger partial charge in [-0.1, -0.05) is 30.3 Å². The molecule has 39 heavy (non-hydrogen) atoms. The highest BCUT2D eigenvalue weighted by Crippen LogP contribution is 2.38. The molecule has 196 valence electrons. The van der Waals surface area contributed by atoms with Gasteiger partial charge in [0.2, 0.25) is 0 Å². The molecule has 2 heterocycles. The number of rotatable bonds is 8. The maximum atomic E-state index is 13.8. The summed E-state index contributed by atoms with van der Waals surface area (Å²) < 4.78 is 13.8. The van der Waals surface area contributed by atoms with Crippen LogP contribution in [0.1, 0.15) is 21.5 Å². The Morgan fingerprint density at radius 1 is 0.923 bits per heavy atom. The first kappa shape index (κ1) is 25.8. The van der Waals surface area contributed by atoms with E-state index in [4.69, 9.17) is 0 Å². The Morgan fingerprint density at radius 2 is 1.67 bits per heavy atom. The van der Waals surface area contributed by atoms with Crippen molar-refractivity contribution >= 4 is 40.1 Å². The molecule has 2 amide bonds. The fraction of sp³-hybridized carbons (Fsp3) is 0.129. The summed E-state index contributed by atoms with van der Waals surface area (Å²) in [6.07, 6.45) is 3.20. The normalized spacial score (nSPS) is 13.6. The number of fused-ring (bicyclic) bond motifs is 1. The van der Waals surface area contributed by atoms with Crippen LogP contribution in [0.25, 0.3) is 11.3 Å². The van der Waals surface area contributed by atoms with Gasteiger partial charge in [0.25, 0.3) is 11.8 Å². The Balaban J connectivity index is 1.49. The molecule has 1 aromatic heterocycles. The van der Waals surface area contributed by atoms with Gasteiger partial charge in [-0.2, -0.15) is 0 Å². The monoisotopic (exact) mass is 521 g/mol. The highest BCUT2D eigenvalue weighted by Gasteiger charge is 2.29. The number of nitrogens with zero attached hydrogens (tertiary/aromatic N) is 3. The SMILES string of the molecule is CN(C)CCN(C(=O)c1cccnc1)c1ccc(NC(=C2C(=O)Nc3cc(F)ccc32)c2ccccc2)cc1. The highest BCUT2D eigenvalue weighted by molar-refractivity contribution is 6.37. The molecular weight excluding hydrogens is 493 g/mol. The average Bonchev–Trinajstić information content (AvgIpc) is 3.27. The van der Waals surface area contributed by atoms with Crippen molar-refractivity contribution in [2.24, 2.45) is 0 Å². The molecule has 7 nitrogen and oxygen atoms in total. The number of anilines is 3. The third kappa shape index (κ3) is 5.71. The minimum atomic E-state index is -0.417. The van der Waals surface area contributed by atoms with Crippen LogP contribution in [0.15, 0.2) is 97.3 Å². The van der Waals surface area contributed by atoms with Crippen molar-refractivity contribution in [3.05, 3.63) is 120 Å². The second-order valence-electron chi connectivity index (χ2n) is 9.43. The summed E-state index contributed by atoms with van der Waals surface area (Å²) in [7, 11) is 3.92. The number of hydrogen-bond donors (Lipinski definition) is 2. The predicted octanol–water partition coefficient (Wildman–Crippen LogP) is 5.36. The first-order chi connectivity index (χ1) is 18.9. The summed E-state index contributed by atoms with van der Waals surface area (Å²) in [4.78, 5) is 34.2. The maximum absolute atomic E-state index is 13.8. The number of amides is 2. The molecule has 2 N–H and O–H groups in total. The van der Waals surface area contributed by atoms with Crippen LogP contribution in [0.4, 0.5) is 21.5 Å².